The fraction of sp³-hybridized carbons (Fsp3) is 0.308. The van der Waals surface area contributed by atoms with Crippen LogP contribution in [0, 0.1) is 6.92 Å². The highest BCUT2D eigenvalue weighted by Crippen LogP contribution is 2.14. The van der Waals surface area contributed by atoms with Crippen molar-refractivity contribution >= 4 is 23.2 Å². The molecule has 2 rings (SSSR count). The number of carbonyl (C=O) groups excluding carboxylic acids is 2. The number of aromatic nitrogens is 2. The summed E-state index contributed by atoms with van der Waals surface area (Å²) in [5, 5.41) is 2.62. The molecule has 0 aromatic carbocycles. The van der Waals surface area contributed by atoms with Crippen LogP contribution in [0.4, 0.5) is 0 Å². The van der Waals surface area contributed by atoms with Crippen LogP contribution in [0.1, 0.15) is 20.4 Å². The first-order valence-electron chi connectivity index (χ1n) is 6.13. The summed E-state index contributed by atoms with van der Waals surface area (Å²) >= 11 is 1.41. The highest BCUT2D eigenvalue weighted by molar-refractivity contribution is 7.13. The molecule has 2 aromatic heterocycles. The van der Waals surface area contributed by atoms with Crippen LogP contribution >= 0.6 is 11.3 Å². The molecule has 0 fully saturated rings. The first kappa shape index (κ1) is 14.3. The molecule has 0 spiro atoms. The molecule has 2 amide bonds. The lowest BCUT2D eigenvalue weighted by atomic mass is 10.4. The summed E-state index contributed by atoms with van der Waals surface area (Å²) in [6.07, 6.45) is 3.34. The Kier molecular flexibility index (Phi) is 4.52. The van der Waals surface area contributed by atoms with Crippen LogP contribution in [0.2, 0.25) is 0 Å². The average Bonchev–Trinajstić information content (AvgIpc) is 3.07. The molecular formula is C13H16N4O2S. The zero-order valence-electron chi connectivity index (χ0n) is 11.3. The Morgan fingerprint density at radius 1 is 1.45 bits per heavy atom. The number of imidazole rings is 1. The van der Waals surface area contributed by atoms with E-state index in [1.165, 1.54) is 16.2 Å². The molecule has 106 valence electrons. The van der Waals surface area contributed by atoms with Gasteiger partial charge in [-0.25, -0.2) is 4.98 Å². The average molecular weight is 292 g/mol. The molecule has 0 saturated heterocycles. The van der Waals surface area contributed by atoms with Gasteiger partial charge < -0.3 is 15.2 Å². The van der Waals surface area contributed by atoms with Crippen molar-refractivity contribution in [1.82, 2.24) is 20.2 Å². The number of thiophene rings is 1. The first-order valence-corrected chi connectivity index (χ1v) is 6.95. The van der Waals surface area contributed by atoms with Gasteiger partial charge in [-0.1, -0.05) is 0 Å². The predicted octanol–water partition coefficient (Wildman–Crippen LogP) is 1.17. The van der Waals surface area contributed by atoms with Crippen LogP contribution in [0.3, 0.4) is 0 Å². The summed E-state index contributed by atoms with van der Waals surface area (Å²) in [7, 11) is 1.67. The lowest BCUT2D eigenvalue weighted by molar-refractivity contribution is -0.129. The monoisotopic (exact) mass is 292 g/mol. The van der Waals surface area contributed by atoms with Gasteiger partial charge in [0.1, 0.15) is 5.82 Å². The zero-order chi connectivity index (χ0) is 14.5. The number of nitrogens with zero attached hydrogens (tertiary/aromatic N) is 2. The number of H-pyrrole nitrogens is 1. The number of amides is 2. The third-order valence-corrected chi connectivity index (χ3v) is 3.73. The first-order chi connectivity index (χ1) is 9.56. The maximum Gasteiger partial charge on any atom is 0.261 e. The molecule has 2 aromatic rings. The maximum absolute atomic E-state index is 11.9. The minimum absolute atomic E-state index is 0.0208. The van der Waals surface area contributed by atoms with Crippen molar-refractivity contribution in [3.63, 3.8) is 0 Å². The van der Waals surface area contributed by atoms with Crippen molar-refractivity contribution in [3.05, 3.63) is 40.1 Å². The smallest absolute Gasteiger partial charge is 0.261 e. The minimum Gasteiger partial charge on any atom is -0.347 e. The van der Waals surface area contributed by atoms with E-state index in [0.29, 0.717) is 17.2 Å². The van der Waals surface area contributed by atoms with Gasteiger partial charge in [-0.3, -0.25) is 9.59 Å². The second kappa shape index (κ2) is 6.33. The number of likely N-dealkylation sites (N-methyl/N-ethyl adjacent to an activating group) is 1. The van der Waals surface area contributed by atoms with Crippen LogP contribution in [0.25, 0.3) is 0 Å². The highest BCUT2D eigenvalue weighted by Gasteiger charge is 2.13. The van der Waals surface area contributed by atoms with Crippen LogP contribution in [-0.2, 0) is 11.3 Å². The van der Waals surface area contributed by atoms with Crippen molar-refractivity contribution in [2.24, 2.45) is 0 Å². The van der Waals surface area contributed by atoms with E-state index in [4.69, 9.17) is 0 Å². The van der Waals surface area contributed by atoms with E-state index >= 15 is 0 Å². The van der Waals surface area contributed by atoms with E-state index in [9.17, 15) is 9.59 Å². The number of hydrogen-bond acceptors (Lipinski definition) is 4. The molecule has 7 heteroatoms. The number of nitrogens with one attached hydrogen (secondary N) is 2. The third kappa shape index (κ3) is 3.67. The van der Waals surface area contributed by atoms with Crippen LogP contribution < -0.4 is 5.32 Å². The molecule has 0 aliphatic carbocycles. The molecule has 2 heterocycles. The summed E-state index contributed by atoms with van der Waals surface area (Å²) in [6.45, 7) is 2.30. The minimum atomic E-state index is -0.220. The summed E-state index contributed by atoms with van der Waals surface area (Å²) in [4.78, 5) is 33.9. The molecule has 0 aliphatic rings. The third-order valence-electron chi connectivity index (χ3n) is 2.73. The fourth-order valence-electron chi connectivity index (χ4n) is 1.63. The Morgan fingerprint density at radius 3 is 2.85 bits per heavy atom. The molecule has 0 saturated carbocycles. The van der Waals surface area contributed by atoms with Gasteiger partial charge >= 0.3 is 0 Å². The Hall–Kier alpha value is -2.15. The lowest BCUT2D eigenvalue weighted by Crippen LogP contribution is -2.37. The largest absolute Gasteiger partial charge is 0.347 e. The van der Waals surface area contributed by atoms with Crippen LogP contribution in [-0.4, -0.2) is 40.3 Å². The normalized spacial score (nSPS) is 10.3. The topological polar surface area (TPSA) is 78.1 Å². The van der Waals surface area contributed by atoms with Crippen molar-refractivity contribution in [2.45, 2.75) is 13.5 Å². The molecule has 0 bridgehead atoms. The van der Waals surface area contributed by atoms with Gasteiger partial charge in [-0.2, -0.15) is 0 Å². The maximum atomic E-state index is 11.9. The second-order valence-corrected chi connectivity index (χ2v) is 5.67. The molecule has 20 heavy (non-hydrogen) atoms. The van der Waals surface area contributed by atoms with Crippen LogP contribution in [0.5, 0.6) is 0 Å². The number of rotatable bonds is 5. The summed E-state index contributed by atoms with van der Waals surface area (Å²) in [6, 6.07) is 3.64. The standard InChI is InChI=1S/C13H16N4O2S/c1-9-3-4-10(20-9)13(19)16-7-12(18)17(2)8-11-14-5-6-15-11/h3-6H,7-8H2,1-2H3,(H,14,15)(H,16,19). The molecule has 0 radical (unpaired) electrons. The van der Waals surface area contributed by atoms with E-state index in [1.807, 2.05) is 13.0 Å². The van der Waals surface area contributed by atoms with Crippen molar-refractivity contribution in [1.29, 1.82) is 0 Å². The van der Waals surface area contributed by atoms with Gasteiger partial charge in [0.05, 0.1) is 18.0 Å². The van der Waals surface area contributed by atoms with Crippen LogP contribution in [0.15, 0.2) is 24.5 Å². The van der Waals surface area contributed by atoms with E-state index in [2.05, 4.69) is 15.3 Å². The van der Waals surface area contributed by atoms with Crippen molar-refractivity contribution in [2.75, 3.05) is 13.6 Å². The molecule has 0 unspecified atom stereocenters. The van der Waals surface area contributed by atoms with E-state index < -0.39 is 0 Å². The molecular weight excluding hydrogens is 276 g/mol. The van der Waals surface area contributed by atoms with Gasteiger partial charge in [0.15, 0.2) is 0 Å². The van der Waals surface area contributed by atoms with Gasteiger partial charge in [0.25, 0.3) is 5.91 Å². The Labute approximate surface area is 120 Å². The zero-order valence-corrected chi connectivity index (χ0v) is 12.2. The summed E-state index contributed by atoms with van der Waals surface area (Å²) in [5.41, 5.74) is 0. The van der Waals surface area contributed by atoms with E-state index in [1.54, 1.807) is 25.5 Å². The summed E-state index contributed by atoms with van der Waals surface area (Å²) < 4.78 is 0. The molecule has 2 N–H and O–H groups in total. The number of carbonyl (C=O) groups is 2. The second-order valence-electron chi connectivity index (χ2n) is 4.38. The van der Waals surface area contributed by atoms with Crippen molar-refractivity contribution in [3.8, 4) is 0 Å². The SMILES string of the molecule is Cc1ccc(C(=O)NCC(=O)N(C)Cc2ncc[nH]2)s1. The van der Waals surface area contributed by atoms with Gasteiger partial charge in [-0.05, 0) is 19.1 Å². The fourth-order valence-corrected chi connectivity index (χ4v) is 2.42. The Morgan fingerprint density at radius 2 is 2.25 bits per heavy atom. The van der Waals surface area contributed by atoms with E-state index in [0.717, 1.165) is 4.88 Å². The Balaban J connectivity index is 1.81. The predicted molar refractivity (Wildman–Crippen MR) is 76.5 cm³/mol. The Bertz CT molecular complexity index is 591. The van der Waals surface area contributed by atoms with E-state index in [-0.39, 0.29) is 18.4 Å². The van der Waals surface area contributed by atoms with Gasteiger partial charge in [0.2, 0.25) is 5.91 Å². The molecule has 0 atom stereocenters. The summed E-state index contributed by atoms with van der Waals surface area (Å²) in [5.74, 6) is 0.326. The quantitative estimate of drug-likeness (QED) is 0.868. The number of aryl methyl sites for hydroxylation is 1. The highest BCUT2D eigenvalue weighted by atomic mass is 32.1. The number of hydrogen-bond donors (Lipinski definition) is 2. The molecule has 6 nitrogen and oxygen atoms in total. The van der Waals surface area contributed by atoms with Gasteiger partial charge in [-0.15, -0.1) is 11.3 Å². The molecule has 0 aliphatic heterocycles. The van der Waals surface area contributed by atoms with Gasteiger partial charge in [0, 0.05) is 24.3 Å². The number of aromatic amines is 1. The lowest BCUT2D eigenvalue weighted by Gasteiger charge is -2.15. The van der Waals surface area contributed by atoms with Crippen molar-refractivity contribution < 1.29 is 9.59 Å².